The summed E-state index contributed by atoms with van der Waals surface area (Å²) in [5, 5.41) is 0. The average molecular weight is 348 g/mol. The zero-order valence-corrected chi connectivity index (χ0v) is 15.1. The molecule has 1 aromatic rings. The van der Waals surface area contributed by atoms with Gasteiger partial charge >= 0.3 is 0 Å². The lowest BCUT2D eigenvalue weighted by Crippen LogP contribution is -2.60. The van der Waals surface area contributed by atoms with E-state index in [1.165, 1.54) is 21.3 Å². The molecule has 2 amide bonds. The number of hydrogen-bond donors (Lipinski definition) is 0. The van der Waals surface area contributed by atoms with Gasteiger partial charge in [0.2, 0.25) is 5.91 Å². The van der Waals surface area contributed by atoms with Crippen LogP contribution in [0.15, 0.2) is 12.1 Å². The molecule has 0 bridgehead atoms. The van der Waals surface area contributed by atoms with Crippen molar-refractivity contribution in [2.24, 2.45) is 0 Å². The van der Waals surface area contributed by atoms with Crippen molar-refractivity contribution >= 4 is 11.8 Å². The second-order valence-corrected chi connectivity index (χ2v) is 6.37. The Labute approximate surface area is 147 Å². The molecule has 0 unspecified atom stereocenters. The lowest BCUT2D eigenvalue weighted by molar-refractivity contribution is -0.141. The summed E-state index contributed by atoms with van der Waals surface area (Å²) in [7, 11) is 4.54. The Morgan fingerprint density at radius 3 is 2.36 bits per heavy atom. The summed E-state index contributed by atoms with van der Waals surface area (Å²) in [5.74, 6) is 1.12. The van der Waals surface area contributed by atoms with Crippen LogP contribution in [0.5, 0.6) is 17.2 Å². The zero-order chi connectivity index (χ0) is 18.1. The van der Waals surface area contributed by atoms with Gasteiger partial charge in [-0.05, 0) is 19.8 Å². The van der Waals surface area contributed by atoms with Crippen LogP contribution in [0.4, 0.5) is 0 Å². The van der Waals surface area contributed by atoms with Crippen LogP contribution in [0.1, 0.15) is 30.1 Å². The van der Waals surface area contributed by atoms with E-state index >= 15 is 0 Å². The lowest BCUT2D eigenvalue weighted by Gasteiger charge is -2.41. The highest BCUT2D eigenvalue weighted by molar-refractivity contribution is 6.01. The number of carbonyl (C=O) groups excluding carboxylic acids is 2. The van der Waals surface area contributed by atoms with Crippen molar-refractivity contribution in [1.29, 1.82) is 0 Å². The van der Waals surface area contributed by atoms with Gasteiger partial charge in [-0.15, -0.1) is 0 Å². The molecule has 1 aromatic carbocycles. The normalized spacial score (nSPS) is 22.6. The number of methoxy groups -OCH3 is 3. The summed E-state index contributed by atoms with van der Waals surface area (Å²) >= 11 is 0. The first-order valence-electron chi connectivity index (χ1n) is 8.43. The van der Waals surface area contributed by atoms with Gasteiger partial charge in [-0.3, -0.25) is 9.59 Å². The molecule has 0 saturated carbocycles. The van der Waals surface area contributed by atoms with E-state index in [2.05, 4.69) is 0 Å². The highest BCUT2D eigenvalue weighted by atomic mass is 16.5. The smallest absolute Gasteiger partial charge is 0.258 e. The van der Waals surface area contributed by atoms with Crippen molar-refractivity contribution in [3.63, 3.8) is 0 Å². The number of piperazine rings is 1. The van der Waals surface area contributed by atoms with E-state index in [0.717, 1.165) is 19.4 Å². The maximum Gasteiger partial charge on any atom is 0.258 e. The maximum atomic E-state index is 13.2. The Balaban J connectivity index is 1.95. The molecule has 136 valence electrons. The van der Waals surface area contributed by atoms with Gasteiger partial charge in [-0.2, -0.15) is 0 Å². The van der Waals surface area contributed by atoms with E-state index in [0.29, 0.717) is 29.4 Å². The van der Waals surface area contributed by atoms with Crippen LogP contribution < -0.4 is 14.2 Å². The standard InChI is InChI=1S/C18H24N2O5/c1-11-17(21)19-7-5-6-12(19)10-20(11)18(22)13-8-15(24-3)16(25-4)9-14(13)23-2/h8-9,11-12H,5-7,10H2,1-4H3/t11-,12+/m0/s1. The summed E-state index contributed by atoms with van der Waals surface area (Å²) in [6, 6.07) is 2.86. The summed E-state index contributed by atoms with van der Waals surface area (Å²) in [5.41, 5.74) is 0.367. The highest BCUT2D eigenvalue weighted by Gasteiger charge is 2.42. The van der Waals surface area contributed by atoms with Crippen molar-refractivity contribution in [3.05, 3.63) is 17.7 Å². The van der Waals surface area contributed by atoms with Crippen molar-refractivity contribution in [2.45, 2.75) is 31.8 Å². The summed E-state index contributed by atoms with van der Waals surface area (Å²) in [6.45, 7) is 3.11. The van der Waals surface area contributed by atoms with Crippen LogP contribution in [0.25, 0.3) is 0 Å². The monoisotopic (exact) mass is 348 g/mol. The molecular weight excluding hydrogens is 324 g/mol. The molecule has 0 aromatic heterocycles. The minimum atomic E-state index is -0.486. The Bertz CT molecular complexity index is 690. The van der Waals surface area contributed by atoms with Crippen LogP contribution in [-0.2, 0) is 4.79 Å². The number of fused-ring (bicyclic) bond motifs is 1. The molecule has 25 heavy (non-hydrogen) atoms. The van der Waals surface area contributed by atoms with Gasteiger partial charge < -0.3 is 24.0 Å². The number of nitrogens with zero attached hydrogens (tertiary/aromatic N) is 2. The van der Waals surface area contributed by atoms with E-state index in [9.17, 15) is 9.59 Å². The van der Waals surface area contributed by atoms with Crippen LogP contribution in [0.2, 0.25) is 0 Å². The van der Waals surface area contributed by atoms with Gasteiger partial charge in [0.1, 0.15) is 11.8 Å². The Hall–Kier alpha value is -2.44. The molecule has 0 N–H and O–H groups in total. The number of ether oxygens (including phenoxy) is 3. The fraction of sp³-hybridized carbons (Fsp3) is 0.556. The minimum absolute atomic E-state index is 0.0153. The predicted molar refractivity (Wildman–Crippen MR) is 91.3 cm³/mol. The van der Waals surface area contributed by atoms with Gasteiger partial charge in [-0.25, -0.2) is 0 Å². The molecule has 0 radical (unpaired) electrons. The summed E-state index contributed by atoms with van der Waals surface area (Å²) < 4.78 is 15.9. The van der Waals surface area contributed by atoms with Crippen LogP contribution in [0.3, 0.4) is 0 Å². The van der Waals surface area contributed by atoms with E-state index < -0.39 is 6.04 Å². The number of carbonyl (C=O) groups is 2. The quantitative estimate of drug-likeness (QED) is 0.826. The Kier molecular flexibility index (Phi) is 4.74. The van der Waals surface area contributed by atoms with Gasteiger partial charge in [-0.1, -0.05) is 0 Å². The van der Waals surface area contributed by atoms with Crippen molar-refractivity contribution in [3.8, 4) is 17.2 Å². The SMILES string of the molecule is COc1cc(OC)c(C(=O)N2C[C@H]3CCCN3C(=O)[C@@H]2C)cc1OC. The third-order valence-corrected chi connectivity index (χ3v) is 5.09. The maximum absolute atomic E-state index is 13.2. The van der Waals surface area contributed by atoms with Crippen molar-refractivity contribution in [1.82, 2.24) is 9.80 Å². The molecule has 2 heterocycles. The molecular formula is C18H24N2O5. The third kappa shape index (κ3) is 2.88. The summed E-state index contributed by atoms with van der Waals surface area (Å²) in [6.07, 6.45) is 1.93. The molecule has 0 spiro atoms. The molecule has 2 atom stereocenters. The van der Waals surface area contributed by atoms with Crippen LogP contribution >= 0.6 is 0 Å². The predicted octanol–water partition coefficient (Wildman–Crippen LogP) is 1.55. The molecule has 7 heteroatoms. The first-order valence-corrected chi connectivity index (χ1v) is 8.43. The van der Waals surface area contributed by atoms with Crippen molar-refractivity contribution < 1.29 is 23.8 Å². The summed E-state index contributed by atoms with van der Waals surface area (Å²) in [4.78, 5) is 29.3. The molecule has 2 aliphatic heterocycles. The molecule has 2 saturated heterocycles. The third-order valence-electron chi connectivity index (χ3n) is 5.09. The fourth-order valence-corrected chi connectivity index (χ4v) is 3.68. The largest absolute Gasteiger partial charge is 0.496 e. The molecule has 7 nitrogen and oxygen atoms in total. The average Bonchev–Trinajstić information content (AvgIpc) is 3.11. The Morgan fingerprint density at radius 1 is 1.08 bits per heavy atom. The van der Waals surface area contributed by atoms with Gasteiger partial charge in [0.15, 0.2) is 11.5 Å². The Morgan fingerprint density at radius 2 is 1.72 bits per heavy atom. The van der Waals surface area contributed by atoms with Crippen LogP contribution in [-0.4, -0.2) is 68.1 Å². The van der Waals surface area contributed by atoms with Crippen molar-refractivity contribution in [2.75, 3.05) is 34.4 Å². The second-order valence-electron chi connectivity index (χ2n) is 6.37. The first-order chi connectivity index (χ1) is 12.0. The lowest BCUT2D eigenvalue weighted by atomic mass is 10.0. The fourth-order valence-electron chi connectivity index (χ4n) is 3.68. The number of benzene rings is 1. The second kappa shape index (κ2) is 6.82. The minimum Gasteiger partial charge on any atom is -0.496 e. The molecule has 3 rings (SSSR count). The number of hydrogen-bond acceptors (Lipinski definition) is 5. The first kappa shape index (κ1) is 17.4. The van der Waals surface area contributed by atoms with Crippen LogP contribution in [0, 0.1) is 0 Å². The van der Waals surface area contributed by atoms with Gasteiger partial charge in [0.05, 0.1) is 26.9 Å². The zero-order valence-electron chi connectivity index (χ0n) is 15.1. The molecule has 2 fully saturated rings. The van der Waals surface area contributed by atoms with E-state index in [1.807, 2.05) is 4.90 Å². The number of amides is 2. The van der Waals surface area contributed by atoms with Gasteiger partial charge in [0.25, 0.3) is 5.91 Å². The topological polar surface area (TPSA) is 68.3 Å². The van der Waals surface area contributed by atoms with Gasteiger partial charge in [0, 0.05) is 31.3 Å². The molecule has 0 aliphatic carbocycles. The highest BCUT2D eigenvalue weighted by Crippen LogP contribution is 2.36. The van der Waals surface area contributed by atoms with E-state index in [-0.39, 0.29) is 17.9 Å². The van der Waals surface area contributed by atoms with E-state index in [1.54, 1.807) is 24.0 Å². The van der Waals surface area contributed by atoms with E-state index in [4.69, 9.17) is 14.2 Å². The number of rotatable bonds is 4. The molecule has 2 aliphatic rings.